The molecular weight excluding hydrogens is 267 g/mol. The highest BCUT2D eigenvalue weighted by atomic mass is 32.1. The molecular formula is C13H13FN2O2S. The fraction of sp³-hybridized carbons (Fsp3) is 0.154. The minimum atomic E-state index is -0.532. The summed E-state index contributed by atoms with van der Waals surface area (Å²) in [6.45, 7) is 0.403. The monoisotopic (exact) mass is 280 g/mol. The number of benzene rings is 1. The molecule has 0 spiro atoms. The Morgan fingerprint density at radius 3 is 2.89 bits per heavy atom. The van der Waals surface area contributed by atoms with Crippen LogP contribution < -0.4 is 10.5 Å². The first kappa shape index (κ1) is 13.4. The molecule has 0 unspecified atom stereocenters. The molecule has 1 aromatic carbocycles. The first-order chi connectivity index (χ1) is 9.20. The zero-order chi connectivity index (χ0) is 13.7. The molecule has 1 heterocycles. The van der Waals surface area contributed by atoms with Gasteiger partial charge in [-0.15, -0.1) is 11.3 Å². The lowest BCUT2D eigenvalue weighted by molar-refractivity contribution is 0.306. The van der Waals surface area contributed by atoms with E-state index in [1.165, 1.54) is 17.0 Å². The fourth-order valence-corrected chi connectivity index (χ4v) is 2.24. The second-order valence-electron chi connectivity index (χ2n) is 3.81. The van der Waals surface area contributed by atoms with E-state index in [0.717, 1.165) is 6.42 Å². The van der Waals surface area contributed by atoms with Crippen LogP contribution in [0.15, 0.2) is 40.9 Å². The summed E-state index contributed by atoms with van der Waals surface area (Å²) >= 11 is 1.64. The number of oxime groups is 1. The highest BCUT2D eigenvalue weighted by Gasteiger charge is 2.07. The van der Waals surface area contributed by atoms with E-state index in [4.69, 9.17) is 15.7 Å². The van der Waals surface area contributed by atoms with Crippen molar-refractivity contribution in [3.63, 3.8) is 0 Å². The standard InChI is InChI=1S/C13H13FN2O2S/c14-11-8-9(13(15)16-17)3-4-12(11)18-6-5-10-2-1-7-19-10/h1-4,7-8,17H,5-6H2,(H2,15,16). The lowest BCUT2D eigenvalue weighted by Gasteiger charge is -2.07. The van der Waals surface area contributed by atoms with Gasteiger partial charge in [0.1, 0.15) is 0 Å². The Kier molecular flexibility index (Phi) is 4.35. The molecule has 0 radical (unpaired) electrons. The van der Waals surface area contributed by atoms with Crippen molar-refractivity contribution in [3.8, 4) is 5.75 Å². The van der Waals surface area contributed by atoms with Gasteiger partial charge in [-0.25, -0.2) is 4.39 Å². The van der Waals surface area contributed by atoms with Crippen molar-refractivity contribution in [2.75, 3.05) is 6.61 Å². The third-order valence-corrected chi connectivity index (χ3v) is 3.46. The normalized spacial score (nSPS) is 11.5. The van der Waals surface area contributed by atoms with E-state index in [1.807, 2.05) is 17.5 Å². The Labute approximate surface area is 113 Å². The first-order valence-electron chi connectivity index (χ1n) is 5.63. The molecule has 100 valence electrons. The van der Waals surface area contributed by atoms with E-state index < -0.39 is 5.82 Å². The number of halogens is 1. The topological polar surface area (TPSA) is 67.8 Å². The second kappa shape index (κ2) is 6.19. The summed E-state index contributed by atoms with van der Waals surface area (Å²) in [5.41, 5.74) is 5.68. The minimum absolute atomic E-state index is 0.135. The van der Waals surface area contributed by atoms with Crippen molar-refractivity contribution in [1.29, 1.82) is 0 Å². The average molecular weight is 280 g/mol. The molecule has 0 saturated heterocycles. The summed E-state index contributed by atoms with van der Waals surface area (Å²) in [5, 5.41) is 13.3. The smallest absolute Gasteiger partial charge is 0.170 e. The summed E-state index contributed by atoms with van der Waals surface area (Å²) in [7, 11) is 0. The van der Waals surface area contributed by atoms with E-state index in [0.29, 0.717) is 12.2 Å². The lowest BCUT2D eigenvalue weighted by Crippen LogP contribution is -2.13. The molecule has 2 aromatic rings. The summed E-state index contributed by atoms with van der Waals surface area (Å²) < 4.78 is 19.1. The van der Waals surface area contributed by atoms with Crippen LogP contribution in [0.25, 0.3) is 0 Å². The number of hydrogen-bond donors (Lipinski definition) is 2. The average Bonchev–Trinajstić information content (AvgIpc) is 2.93. The predicted molar refractivity (Wildman–Crippen MR) is 72.4 cm³/mol. The zero-order valence-corrected chi connectivity index (χ0v) is 10.9. The van der Waals surface area contributed by atoms with Gasteiger partial charge in [0.15, 0.2) is 17.4 Å². The summed E-state index contributed by atoms with van der Waals surface area (Å²) in [5.74, 6) is -0.509. The van der Waals surface area contributed by atoms with Crippen LogP contribution in [0.5, 0.6) is 5.75 Å². The quantitative estimate of drug-likeness (QED) is 0.383. The fourth-order valence-electron chi connectivity index (χ4n) is 1.55. The van der Waals surface area contributed by atoms with Gasteiger partial charge in [0.25, 0.3) is 0 Å². The number of rotatable bonds is 5. The van der Waals surface area contributed by atoms with Crippen LogP contribution in [0, 0.1) is 5.82 Å². The van der Waals surface area contributed by atoms with Crippen molar-refractivity contribution in [2.24, 2.45) is 10.9 Å². The molecule has 0 bridgehead atoms. The van der Waals surface area contributed by atoms with Gasteiger partial charge in [0.2, 0.25) is 0 Å². The molecule has 0 aliphatic heterocycles. The molecule has 0 amide bonds. The summed E-state index contributed by atoms with van der Waals surface area (Å²) in [6.07, 6.45) is 0.735. The van der Waals surface area contributed by atoms with Gasteiger partial charge >= 0.3 is 0 Å². The van der Waals surface area contributed by atoms with E-state index in [-0.39, 0.29) is 11.6 Å². The van der Waals surface area contributed by atoms with E-state index in [9.17, 15) is 4.39 Å². The number of nitrogens with zero attached hydrogens (tertiary/aromatic N) is 1. The Balaban J connectivity index is 1.97. The number of amidine groups is 1. The Morgan fingerprint density at radius 1 is 1.42 bits per heavy atom. The van der Waals surface area contributed by atoms with Crippen LogP contribution in [0.2, 0.25) is 0 Å². The van der Waals surface area contributed by atoms with Crippen molar-refractivity contribution in [1.82, 2.24) is 0 Å². The molecule has 3 N–H and O–H groups in total. The molecule has 0 aliphatic rings. The maximum absolute atomic E-state index is 13.7. The van der Waals surface area contributed by atoms with Gasteiger partial charge in [-0.3, -0.25) is 0 Å². The Morgan fingerprint density at radius 2 is 2.26 bits per heavy atom. The van der Waals surface area contributed by atoms with Crippen LogP contribution in [-0.4, -0.2) is 17.6 Å². The molecule has 1 aromatic heterocycles. The first-order valence-corrected chi connectivity index (χ1v) is 6.51. The van der Waals surface area contributed by atoms with Crippen LogP contribution in [-0.2, 0) is 6.42 Å². The van der Waals surface area contributed by atoms with Gasteiger partial charge in [-0.2, -0.15) is 0 Å². The second-order valence-corrected chi connectivity index (χ2v) is 4.84. The van der Waals surface area contributed by atoms with Crippen molar-refractivity contribution >= 4 is 17.2 Å². The van der Waals surface area contributed by atoms with Gasteiger partial charge < -0.3 is 15.7 Å². The molecule has 19 heavy (non-hydrogen) atoms. The van der Waals surface area contributed by atoms with E-state index in [1.54, 1.807) is 17.4 Å². The summed E-state index contributed by atoms with van der Waals surface area (Å²) in [6, 6.07) is 8.16. The van der Waals surface area contributed by atoms with Crippen LogP contribution >= 0.6 is 11.3 Å². The van der Waals surface area contributed by atoms with Gasteiger partial charge in [0.05, 0.1) is 6.61 Å². The lowest BCUT2D eigenvalue weighted by atomic mass is 10.2. The number of thiophene rings is 1. The third-order valence-electron chi connectivity index (χ3n) is 2.52. The van der Waals surface area contributed by atoms with Gasteiger partial charge in [-0.1, -0.05) is 11.2 Å². The van der Waals surface area contributed by atoms with Crippen LogP contribution in [0.1, 0.15) is 10.4 Å². The zero-order valence-electron chi connectivity index (χ0n) is 10.0. The molecule has 4 nitrogen and oxygen atoms in total. The Bertz CT molecular complexity index is 570. The SMILES string of the molecule is NC(=NO)c1ccc(OCCc2cccs2)c(F)c1. The molecule has 0 aliphatic carbocycles. The number of ether oxygens (including phenoxy) is 1. The van der Waals surface area contributed by atoms with Gasteiger partial charge in [-0.05, 0) is 29.6 Å². The summed E-state index contributed by atoms with van der Waals surface area (Å²) in [4.78, 5) is 1.19. The van der Waals surface area contributed by atoms with E-state index >= 15 is 0 Å². The molecule has 2 rings (SSSR count). The highest BCUT2D eigenvalue weighted by Crippen LogP contribution is 2.19. The maximum Gasteiger partial charge on any atom is 0.170 e. The number of hydrogen-bond acceptors (Lipinski definition) is 4. The molecule has 0 saturated carbocycles. The molecule has 6 heteroatoms. The Hall–Kier alpha value is -2.08. The van der Waals surface area contributed by atoms with Crippen LogP contribution in [0.3, 0.4) is 0 Å². The molecule has 0 fully saturated rings. The van der Waals surface area contributed by atoms with Gasteiger partial charge in [0, 0.05) is 16.9 Å². The largest absolute Gasteiger partial charge is 0.490 e. The third kappa shape index (κ3) is 3.45. The number of nitrogens with two attached hydrogens (primary N) is 1. The van der Waals surface area contributed by atoms with Crippen molar-refractivity contribution in [3.05, 3.63) is 52.0 Å². The highest BCUT2D eigenvalue weighted by molar-refractivity contribution is 7.09. The van der Waals surface area contributed by atoms with Crippen molar-refractivity contribution in [2.45, 2.75) is 6.42 Å². The minimum Gasteiger partial charge on any atom is -0.490 e. The predicted octanol–water partition coefficient (Wildman–Crippen LogP) is 2.60. The molecule has 0 atom stereocenters. The van der Waals surface area contributed by atoms with E-state index in [2.05, 4.69) is 5.16 Å². The van der Waals surface area contributed by atoms with Crippen molar-refractivity contribution < 1.29 is 14.3 Å². The van der Waals surface area contributed by atoms with Crippen LogP contribution in [0.4, 0.5) is 4.39 Å². The maximum atomic E-state index is 13.7.